The summed E-state index contributed by atoms with van der Waals surface area (Å²) >= 11 is 9.86. The Morgan fingerprint density at radius 3 is 2.07 bits per heavy atom. The second-order valence-electron chi connectivity index (χ2n) is 2.47. The fourth-order valence-electron chi connectivity index (χ4n) is 0.856. The molecule has 1 aromatic carbocycles. The first kappa shape index (κ1) is 11.3. The fraction of sp³-hybridized carbons (Fsp3) is 0.125. The molecule has 0 aromatic heterocycles. The molecule has 0 unspecified atom stereocenters. The summed E-state index contributed by atoms with van der Waals surface area (Å²) in [6.07, 6.45) is -4.32. The van der Waals surface area contributed by atoms with Gasteiger partial charge in [-0.05, 0) is 36.5 Å². The number of hydrogen-bond donors (Lipinski definition) is 1. The number of anilines is 1. The summed E-state index contributed by atoms with van der Waals surface area (Å²) in [5, 5.41) is 2.51. The van der Waals surface area contributed by atoms with Crippen LogP contribution >= 0.6 is 23.8 Å². The number of rotatable bonds is 1. The average molecular weight is 240 g/mol. The van der Waals surface area contributed by atoms with Gasteiger partial charge in [0.15, 0.2) is 4.45 Å². The van der Waals surface area contributed by atoms with E-state index < -0.39 is 11.7 Å². The van der Waals surface area contributed by atoms with Crippen LogP contribution in [0.4, 0.5) is 18.9 Å². The summed E-state index contributed by atoms with van der Waals surface area (Å²) in [6, 6.07) is 4.43. The summed E-state index contributed by atoms with van der Waals surface area (Å²) in [4.78, 5) is 0. The van der Waals surface area contributed by atoms with E-state index in [0.717, 1.165) is 12.1 Å². The first-order valence-electron chi connectivity index (χ1n) is 3.53. The number of alkyl halides is 3. The number of halogens is 4. The van der Waals surface area contributed by atoms with Crippen molar-refractivity contribution in [3.8, 4) is 0 Å². The van der Waals surface area contributed by atoms with Gasteiger partial charge in [-0.3, -0.25) is 0 Å². The fourth-order valence-corrected chi connectivity index (χ4v) is 1.08. The molecule has 0 aliphatic heterocycles. The molecule has 6 heteroatoms. The maximum Gasteiger partial charge on any atom is 0.416 e. The van der Waals surface area contributed by atoms with Crippen LogP contribution in [-0.4, -0.2) is 4.45 Å². The summed E-state index contributed by atoms with van der Waals surface area (Å²) in [6.45, 7) is 0. The highest BCUT2D eigenvalue weighted by atomic mass is 35.5. The third kappa shape index (κ3) is 3.16. The van der Waals surface area contributed by atoms with Gasteiger partial charge >= 0.3 is 6.18 Å². The molecular formula is C8H5ClF3NS. The van der Waals surface area contributed by atoms with Crippen molar-refractivity contribution in [1.82, 2.24) is 0 Å². The topological polar surface area (TPSA) is 12.0 Å². The number of nitrogens with one attached hydrogen (secondary N) is 1. The van der Waals surface area contributed by atoms with E-state index in [2.05, 4.69) is 17.5 Å². The standard InChI is InChI=1S/C8H5ClF3NS/c9-7(14)13-6-3-1-5(2-4-6)8(10,11)12/h1-4H,(H,13,14). The van der Waals surface area contributed by atoms with Gasteiger partial charge in [0.2, 0.25) is 0 Å². The highest BCUT2D eigenvalue weighted by Crippen LogP contribution is 2.29. The second kappa shape index (κ2) is 4.14. The molecule has 76 valence electrons. The molecular weight excluding hydrogens is 235 g/mol. The van der Waals surface area contributed by atoms with E-state index >= 15 is 0 Å². The Morgan fingerprint density at radius 2 is 1.71 bits per heavy atom. The Kier molecular flexibility index (Phi) is 3.34. The number of hydrogen-bond acceptors (Lipinski definition) is 1. The van der Waals surface area contributed by atoms with E-state index in [1.165, 1.54) is 12.1 Å². The number of benzene rings is 1. The van der Waals surface area contributed by atoms with Crippen molar-refractivity contribution >= 4 is 34.0 Å². The molecule has 0 radical (unpaired) electrons. The van der Waals surface area contributed by atoms with Crippen LogP contribution in [0.1, 0.15) is 5.56 Å². The summed E-state index contributed by atoms with van der Waals surface area (Å²) in [5.74, 6) is 0. The molecule has 0 amide bonds. The van der Waals surface area contributed by atoms with Crippen molar-refractivity contribution in [2.75, 3.05) is 5.32 Å². The van der Waals surface area contributed by atoms with Crippen LogP contribution in [0.5, 0.6) is 0 Å². The largest absolute Gasteiger partial charge is 0.416 e. The van der Waals surface area contributed by atoms with Gasteiger partial charge in [-0.15, -0.1) is 0 Å². The van der Waals surface area contributed by atoms with Gasteiger partial charge in [0.1, 0.15) is 0 Å². The highest BCUT2D eigenvalue weighted by molar-refractivity contribution is 7.83. The molecule has 1 N–H and O–H groups in total. The molecule has 0 heterocycles. The van der Waals surface area contributed by atoms with Crippen molar-refractivity contribution in [2.45, 2.75) is 6.18 Å². The van der Waals surface area contributed by atoms with Gasteiger partial charge < -0.3 is 5.32 Å². The molecule has 0 fully saturated rings. The first-order valence-corrected chi connectivity index (χ1v) is 4.32. The first-order chi connectivity index (χ1) is 6.39. The van der Waals surface area contributed by atoms with Crippen LogP contribution in [0.15, 0.2) is 24.3 Å². The quantitative estimate of drug-likeness (QED) is 0.456. The Morgan fingerprint density at radius 1 is 1.21 bits per heavy atom. The lowest BCUT2D eigenvalue weighted by Gasteiger charge is -2.07. The molecule has 0 saturated carbocycles. The molecule has 0 atom stereocenters. The van der Waals surface area contributed by atoms with Crippen LogP contribution in [0.3, 0.4) is 0 Å². The molecule has 1 rings (SSSR count). The molecule has 0 saturated heterocycles. The van der Waals surface area contributed by atoms with E-state index in [-0.39, 0.29) is 4.45 Å². The highest BCUT2D eigenvalue weighted by Gasteiger charge is 2.29. The smallest absolute Gasteiger partial charge is 0.337 e. The van der Waals surface area contributed by atoms with E-state index in [0.29, 0.717) is 5.69 Å². The van der Waals surface area contributed by atoms with Crippen LogP contribution in [0, 0.1) is 0 Å². The van der Waals surface area contributed by atoms with Gasteiger partial charge in [-0.2, -0.15) is 13.2 Å². The Hall–Kier alpha value is -0.810. The predicted molar refractivity (Wildman–Crippen MR) is 53.5 cm³/mol. The Bertz CT molecular complexity index is 333. The monoisotopic (exact) mass is 239 g/mol. The lowest BCUT2D eigenvalue weighted by Crippen LogP contribution is -2.05. The minimum atomic E-state index is -4.32. The molecule has 1 nitrogen and oxygen atoms in total. The van der Waals surface area contributed by atoms with Crippen molar-refractivity contribution in [3.05, 3.63) is 29.8 Å². The molecule has 0 aliphatic rings. The zero-order valence-electron chi connectivity index (χ0n) is 6.73. The van der Waals surface area contributed by atoms with Crippen LogP contribution < -0.4 is 5.32 Å². The predicted octanol–water partition coefficient (Wildman–Crippen LogP) is 3.64. The van der Waals surface area contributed by atoms with E-state index in [1.54, 1.807) is 0 Å². The molecule has 0 aliphatic carbocycles. The van der Waals surface area contributed by atoms with Crippen LogP contribution in [0.2, 0.25) is 0 Å². The van der Waals surface area contributed by atoms with Crippen molar-refractivity contribution in [1.29, 1.82) is 0 Å². The minimum absolute atomic E-state index is 0.00948. The van der Waals surface area contributed by atoms with Crippen LogP contribution in [-0.2, 0) is 6.18 Å². The molecule has 1 aromatic rings. The van der Waals surface area contributed by atoms with Gasteiger partial charge in [0, 0.05) is 5.69 Å². The maximum absolute atomic E-state index is 12.1. The Balaban J connectivity index is 2.84. The normalized spacial score (nSPS) is 11.1. The lowest BCUT2D eigenvalue weighted by molar-refractivity contribution is -0.137. The minimum Gasteiger partial charge on any atom is -0.337 e. The van der Waals surface area contributed by atoms with E-state index in [9.17, 15) is 13.2 Å². The third-order valence-corrected chi connectivity index (χ3v) is 1.65. The Labute approximate surface area is 88.9 Å². The second-order valence-corrected chi connectivity index (χ2v) is 3.48. The van der Waals surface area contributed by atoms with Crippen molar-refractivity contribution in [3.63, 3.8) is 0 Å². The van der Waals surface area contributed by atoms with Gasteiger partial charge in [0.25, 0.3) is 0 Å². The maximum atomic E-state index is 12.1. The summed E-state index contributed by atoms with van der Waals surface area (Å²) < 4.78 is 36.3. The van der Waals surface area contributed by atoms with Gasteiger partial charge in [-0.25, -0.2) is 0 Å². The molecule has 14 heavy (non-hydrogen) atoms. The zero-order valence-corrected chi connectivity index (χ0v) is 8.30. The average Bonchev–Trinajstić information content (AvgIpc) is 2.02. The lowest BCUT2D eigenvalue weighted by atomic mass is 10.2. The van der Waals surface area contributed by atoms with Crippen molar-refractivity contribution < 1.29 is 13.2 Å². The van der Waals surface area contributed by atoms with Gasteiger partial charge in [0.05, 0.1) is 5.56 Å². The van der Waals surface area contributed by atoms with E-state index in [4.69, 9.17) is 11.6 Å². The van der Waals surface area contributed by atoms with Crippen molar-refractivity contribution in [2.24, 2.45) is 0 Å². The molecule has 0 bridgehead atoms. The number of thiocarbonyl (C=S) groups is 1. The SMILES string of the molecule is FC(F)(F)c1ccc(NC(=S)Cl)cc1. The zero-order chi connectivity index (χ0) is 10.8. The summed E-state index contributed by atoms with van der Waals surface area (Å²) in [7, 11) is 0. The van der Waals surface area contributed by atoms with Crippen LogP contribution in [0.25, 0.3) is 0 Å². The third-order valence-electron chi connectivity index (χ3n) is 1.45. The summed E-state index contributed by atoms with van der Waals surface area (Å²) in [5.41, 5.74) is -0.276. The molecule has 0 spiro atoms. The van der Waals surface area contributed by atoms with E-state index in [1.807, 2.05) is 0 Å². The van der Waals surface area contributed by atoms with Gasteiger partial charge in [-0.1, -0.05) is 11.6 Å².